The zero-order valence-electron chi connectivity index (χ0n) is 15.6. The Labute approximate surface area is 163 Å². The van der Waals surface area contributed by atoms with Gasteiger partial charge in [0.2, 0.25) is 5.91 Å². The average Bonchev–Trinajstić information content (AvgIpc) is 3.16. The fourth-order valence-corrected chi connectivity index (χ4v) is 3.25. The van der Waals surface area contributed by atoms with Crippen LogP contribution < -0.4 is 5.32 Å². The number of benzene rings is 2. The summed E-state index contributed by atoms with van der Waals surface area (Å²) in [6.07, 6.45) is 0.729. The van der Waals surface area contributed by atoms with E-state index in [0.717, 1.165) is 23.2 Å². The summed E-state index contributed by atoms with van der Waals surface area (Å²) >= 11 is 0. The molecule has 0 aliphatic heterocycles. The Bertz CT molecular complexity index is 1080. The Balaban J connectivity index is 1.54. The van der Waals surface area contributed by atoms with E-state index in [0.29, 0.717) is 11.5 Å². The Morgan fingerprint density at radius 1 is 0.964 bits per heavy atom. The number of rotatable bonds is 6. The number of aromatic nitrogens is 4. The van der Waals surface area contributed by atoms with Gasteiger partial charge >= 0.3 is 0 Å². The summed E-state index contributed by atoms with van der Waals surface area (Å²) in [5.41, 5.74) is 3.51. The van der Waals surface area contributed by atoms with Crippen LogP contribution in [0.5, 0.6) is 0 Å². The summed E-state index contributed by atoms with van der Waals surface area (Å²) in [4.78, 5) is 12.7. The monoisotopic (exact) mass is 371 g/mol. The van der Waals surface area contributed by atoms with Gasteiger partial charge in [-0.25, -0.2) is 0 Å². The van der Waals surface area contributed by atoms with Crippen LogP contribution in [0.3, 0.4) is 0 Å². The molecule has 1 unspecified atom stereocenters. The van der Waals surface area contributed by atoms with Crippen molar-refractivity contribution >= 4 is 11.6 Å². The number of nitrogens with zero attached hydrogens (tertiary/aromatic N) is 4. The van der Waals surface area contributed by atoms with Crippen LogP contribution in [0.4, 0.5) is 0 Å². The SMILES string of the molecule is CCC(C(=O)NCc1nnc2ccc(-c3ccccc3)nn12)c1ccccc1. The molecule has 2 aromatic carbocycles. The van der Waals surface area contributed by atoms with Gasteiger partial charge in [-0.3, -0.25) is 4.79 Å². The predicted octanol–water partition coefficient (Wildman–Crippen LogP) is 3.60. The van der Waals surface area contributed by atoms with Gasteiger partial charge in [-0.1, -0.05) is 67.6 Å². The van der Waals surface area contributed by atoms with Crippen LogP contribution in [-0.4, -0.2) is 25.7 Å². The third-order valence-corrected chi connectivity index (χ3v) is 4.74. The minimum absolute atomic E-state index is 0.0235. The lowest BCUT2D eigenvalue weighted by molar-refractivity contribution is -0.122. The highest BCUT2D eigenvalue weighted by Gasteiger charge is 2.19. The molecule has 0 saturated heterocycles. The van der Waals surface area contributed by atoms with Gasteiger partial charge in [-0.15, -0.1) is 10.2 Å². The maximum Gasteiger partial charge on any atom is 0.227 e. The molecular weight excluding hydrogens is 350 g/mol. The molecule has 6 heteroatoms. The normalized spacial score (nSPS) is 12.0. The lowest BCUT2D eigenvalue weighted by Gasteiger charge is -2.15. The second-order valence-electron chi connectivity index (χ2n) is 6.56. The molecule has 4 aromatic rings. The van der Waals surface area contributed by atoms with Crippen LogP contribution >= 0.6 is 0 Å². The highest BCUT2D eigenvalue weighted by Crippen LogP contribution is 2.20. The minimum atomic E-state index is -0.187. The third-order valence-electron chi connectivity index (χ3n) is 4.74. The molecule has 6 nitrogen and oxygen atoms in total. The average molecular weight is 371 g/mol. The molecule has 2 heterocycles. The van der Waals surface area contributed by atoms with Gasteiger partial charge in [0.05, 0.1) is 18.2 Å². The second kappa shape index (κ2) is 8.00. The van der Waals surface area contributed by atoms with E-state index in [-0.39, 0.29) is 18.4 Å². The van der Waals surface area contributed by atoms with Gasteiger partial charge in [0.15, 0.2) is 11.5 Å². The van der Waals surface area contributed by atoms with Crippen LogP contribution in [0, 0.1) is 0 Å². The fraction of sp³-hybridized carbons (Fsp3) is 0.182. The van der Waals surface area contributed by atoms with E-state index in [1.165, 1.54) is 0 Å². The molecule has 0 aliphatic rings. The molecule has 0 fully saturated rings. The van der Waals surface area contributed by atoms with Crippen LogP contribution in [-0.2, 0) is 11.3 Å². The third kappa shape index (κ3) is 3.62. The van der Waals surface area contributed by atoms with Crippen molar-refractivity contribution < 1.29 is 4.79 Å². The molecule has 0 aliphatic carbocycles. The summed E-state index contributed by atoms with van der Waals surface area (Å²) in [7, 11) is 0. The first kappa shape index (κ1) is 17.9. The van der Waals surface area contributed by atoms with E-state index >= 15 is 0 Å². The minimum Gasteiger partial charge on any atom is -0.348 e. The molecule has 1 atom stereocenters. The Morgan fingerprint density at radius 2 is 1.68 bits per heavy atom. The van der Waals surface area contributed by atoms with Crippen LogP contribution in [0.2, 0.25) is 0 Å². The highest BCUT2D eigenvalue weighted by atomic mass is 16.1. The first-order valence-corrected chi connectivity index (χ1v) is 9.35. The first-order valence-electron chi connectivity index (χ1n) is 9.35. The van der Waals surface area contributed by atoms with Crippen molar-refractivity contribution in [1.82, 2.24) is 25.1 Å². The Morgan fingerprint density at radius 3 is 2.39 bits per heavy atom. The quantitative estimate of drug-likeness (QED) is 0.562. The fourth-order valence-electron chi connectivity index (χ4n) is 3.25. The molecular formula is C22H21N5O. The first-order chi connectivity index (χ1) is 13.8. The molecule has 28 heavy (non-hydrogen) atoms. The molecule has 0 radical (unpaired) electrons. The number of nitrogens with one attached hydrogen (secondary N) is 1. The van der Waals surface area contributed by atoms with E-state index in [9.17, 15) is 4.79 Å². The van der Waals surface area contributed by atoms with E-state index in [4.69, 9.17) is 0 Å². The predicted molar refractivity (Wildman–Crippen MR) is 108 cm³/mol. The summed E-state index contributed by atoms with van der Waals surface area (Å²) in [6, 6.07) is 23.5. The maximum atomic E-state index is 12.7. The molecule has 1 N–H and O–H groups in total. The number of fused-ring (bicyclic) bond motifs is 1. The number of carbonyl (C=O) groups excluding carboxylic acids is 1. The number of carbonyl (C=O) groups is 1. The van der Waals surface area contributed by atoms with Crippen molar-refractivity contribution in [3.8, 4) is 11.3 Å². The summed E-state index contributed by atoms with van der Waals surface area (Å²) in [5, 5.41) is 16.0. The Kier molecular flexibility index (Phi) is 5.10. The van der Waals surface area contributed by atoms with Crippen molar-refractivity contribution in [2.75, 3.05) is 0 Å². The maximum absolute atomic E-state index is 12.7. The van der Waals surface area contributed by atoms with E-state index in [2.05, 4.69) is 20.6 Å². The number of amides is 1. The zero-order chi connectivity index (χ0) is 19.3. The smallest absolute Gasteiger partial charge is 0.227 e. The standard InChI is InChI=1S/C22H21N5O/c1-2-18(16-9-5-3-6-10-16)22(28)23-15-21-25-24-20-14-13-19(26-27(20)21)17-11-7-4-8-12-17/h3-14,18H,2,15H2,1H3,(H,23,28). The highest BCUT2D eigenvalue weighted by molar-refractivity contribution is 5.83. The van der Waals surface area contributed by atoms with Gasteiger partial charge < -0.3 is 5.32 Å². The van der Waals surface area contributed by atoms with Crippen molar-refractivity contribution in [2.45, 2.75) is 25.8 Å². The molecule has 4 rings (SSSR count). The zero-order valence-corrected chi connectivity index (χ0v) is 15.6. The molecule has 140 valence electrons. The molecule has 0 spiro atoms. The van der Waals surface area contributed by atoms with Crippen LogP contribution in [0.15, 0.2) is 72.8 Å². The number of hydrogen-bond donors (Lipinski definition) is 1. The molecule has 1 amide bonds. The number of hydrogen-bond acceptors (Lipinski definition) is 4. The lowest BCUT2D eigenvalue weighted by atomic mass is 9.96. The summed E-state index contributed by atoms with van der Waals surface area (Å²) < 4.78 is 1.69. The molecule has 0 bridgehead atoms. The summed E-state index contributed by atoms with van der Waals surface area (Å²) in [6.45, 7) is 2.28. The summed E-state index contributed by atoms with van der Waals surface area (Å²) in [5.74, 6) is 0.391. The Hall–Kier alpha value is -3.54. The lowest BCUT2D eigenvalue weighted by Crippen LogP contribution is -2.29. The van der Waals surface area contributed by atoms with Gasteiger partial charge in [0, 0.05) is 5.56 Å². The van der Waals surface area contributed by atoms with E-state index in [1.807, 2.05) is 79.7 Å². The van der Waals surface area contributed by atoms with E-state index in [1.54, 1.807) is 4.52 Å². The molecule has 2 aromatic heterocycles. The largest absolute Gasteiger partial charge is 0.348 e. The van der Waals surface area contributed by atoms with Gasteiger partial charge in [0.1, 0.15) is 0 Å². The van der Waals surface area contributed by atoms with Crippen molar-refractivity contribution in [1.29, 1.82) is 0 Å². The van der Waals surface area contributed by atoms with Gasteiger partial charge in [-0.2, -0.15) is 9.61 Å². The molecule has 0 saturated carbocycles. The van der Waals surface area contributed by atoms with Gasteiger partial charge in [-0.05, 0) is 24.1 Å². The van der Waals surface area contributed by atoms with E-state index < -0.39 is 0 Å². The van der Waals surface area contributed by atoms with Crippen molar-refractivity contribution in [2.24, 2.45) is 0 Å². The second-order valence-corrected chi connectivity index (χ2v) is 6.56. The van der Waals surface area contributed by atoms with Gasteiger partial charge in [0.25, 0.3) is 0 Å². The van der Waals surface area contributed by atoms with Crippen molar-refractivity contribution in [3.63, 3.8) is 0 Å². The van der Waals surface area contributed by atoms with Crippen molar-refractivity contribution in [3.05, 3.63) is 84.2 Å². The topological polar surface area (TPSA) is 72.2 Å². The van der Waals surface area contributed by atoms with Crippen LogP contribution in [0.1, 0.15) is 30.7 Å². The van der Waals surface area contributed by atoms with Crippen LogP contribution in [0.25, 0.3) is 16.9 Å².